The van der Waals surface area contributed by atoms with Gasteiger partial charge in [0.15, 0.2) is 9.84 Å². The highest BCUT2D eigenvalue weighted by molar-refractivity contribution is 7.91. The Hall–Kier alpha value is -1.87. The Morgan fingerprint density at radius 2 is 2.06 bits per heavy atom. The number of carbonyl (C=O) groups is 1. The van der Waals surface area contributed by atoms with E-state index in [1.54, 1.807) is 25.1 Å². The molecule has 0 aliphatic heterocycles. The molecule has 0 atom stereocenters. The van der Waals surface area contributed by atoms with E-state index < -0.39 is 15.7 Å². The van der Waals surface area contributed by atoms with Crippen molar-refractivity contribution >= 4 is 15.7 Å². The molecule has 0 saturated heterocycles. The highest BCUT2D eigenvalue weighted by Crippen LogP contribution is 2.17. The minimum Gasteiger partial charge on any atom is -0.339 e. The molecule has 1 rings (SSSR count). The van der Waals surface area contributed by atoms with Crippen LogP contribution in [0.5, 0.6) is 0 Å². The van der Waals surface area contributed by atoms with Gasteiger partial charge in [-0.2, -0.15) is 5.26 Å². The number of nitrogens with zero attached hydrogens (tertiary/aromatic N) is 1. The van der Waals surface area contributed by atoms with Gasteiger partial charge < -0.3 is 5.32 Å². The van der Waals surface area contributed by atoms with Gasteiger partial charge in [-0.1, -0.05) is 19.1 Å². The molecular weight excluding hydrogens is 252 g/mol. The summed E-state index contributed by atoms with van der Waals surface area (Å²) in [6, 6.07) is 7.78. The van der Waals surface area contributed by atoms with E-state index in [1.807, 2.05) is 0 Å². The van der Waals surface area contributed by atoms with Crippen molar-refractivity contribution in [2.24, 2.45) is 0 Å². The smallest absolute Gasteiger partial charge is 0.253 e. The first kappa shape index (κ1) is 14.2. The lowest BCUT2D eigenvalue weighted by atomic mass is 10.2. The van der Waals surface area contributed by atoms with E-state index in [-0.39, 0.29) is 22.8 Å². The number of hydrogen-bond donors (Lipinski definition) is 1. The van der Waals surface area contributed by atoms with Gasteiger partial charge in [0.05, 0.1) is 22.3 Å². The number of hydrogen-bond acceptors (Lipinski definition) is 4. The molecule has 0 bridgehead atoms. The second kappa shape index (κ2) is 6.17. The van der Waals surface area contributed by atoms with Gasteiger partial charge in [-0.15, -0.1) is 0 Å². The molecule has 6 heteroatoms. The summed E-state index contributed by atoms with van der Waals surface area (Å²) in [6.07, 6.45) is 0.483. The van der Waals surface area contributed by atoms with E-state index >= 15 is 0 Å². The van der Waals surface area contributed by atoms with Crippen LogP contribution in [0.1, 0.15) is 23.7 Å². The quantitative estimate of drug-likeness (QED) is 0.809. The fourth-order valence-electron chi connectivity index (χ4n) is 1.52. The molecule has 0 aliphatic rings. The first-order valence-corrected chi connectivity index (χ1v) is 7.15. The number of sulfone groups is 1. The van der Waals surface area contributed by atoms with Gasteiger partial charge in [-0.05, 0) is 18.6 Å². The fraction of sp³-hybridized carbons (Fsp3) is 0.333. The van der Waals surface area contributed by atoms with E-state index in [9.17, 15) is 13.2 Å². The summed E-state index contributed by atoms with van der Waals surface area (Å²) in [5.74, 6) is -0.554. The summed E-state index contributed by atoms with van der Waals surface area (Å²) >= 11 is 0. The van der Waals surface area contributed by atoms with Gasteiger partial charge in [0.1, 0.15) is 6.54 Å². The molecule has 1 aromatic rings. The lowest BCUT2D eigenvalue weighted by molar-refractivity contribution is 0.0955. The average Bonchev–Trinajstić information content (AvgIpc) is 2.36. The van der Waals surface area contributed by atoms with E-state index in [0.29, 0.717) is 6.42 Å². The molecule has 5 nitrogen and oxygen atoms in total. The largest absolute Gasteiger partial charge is 0.339 e. The maximum absolute atomic E-state index is 12.0. The standard InChI is InChI=1S/C12H14N2O3S/c1-2-9-18(16,17)11-6-4-3-5-10(11)12(15)14-8-7-13/h3-6H,2,8-9H2,1H3,(H,14,15). The molecule has 0 aromatic heterocycles. The minimum atomic E-state index is -3.45. The minimum absolute atomic E-state index is 0.00442. The first-order chi connectivity index (χ1) is 8.53. The Bertz CT molecular complexity index is 573. The number of amides is 1. The zero-order chi connectivity index (χ0) is 13.6. The molecule has 1 amide bonds. The summed E-state index contributed by atoms with van der Waals surface area (Å²) in [7, 11) is -3.45. The molecule has 0 unspecified atom stereocenters. The Labute approximate surface area is 106 Å². The van der Waals surface area contributed by atoms with Gasteiger partial charge >= 0.3 is 0 Å². The Morgan fingerprint density at radius 1 is 1.39 bits per heavy atom. The number of nitriles is 1. The van der Waals surface area contributed by atoms with Crippen molar-refractivity contribution < 1.29 is 13.2 Å². The molecule has 1 aromatic carbocycles. The van der Waals surface area contributed by atoms with Gasteiger partial charge in [-0.25, -0.2) is 8.42 Å². The molecule has 0 heterocycles. The van der Waals surface area contributed by atoms with Crippen LogP contribution < -0.4 is 5.32 Å². The van der Waals surface area contributed by atoms with Gasteiger partial charge in [-0.3, -0.25) is 4.79 Å². The van der Waals surface area contributed by atoms with E-state index in [0.717, 1.165) is 0 Å². The molecule has 1 N–H and O–H groups in total. The van der Waals surface area contributed by atoms with Crippen LogP contribution in [0.25, 0.3) is 0 Å². The van der Waals surface area contributed by atoms with Crippen molar-refractivity contribution in [2.45, 2.75) is 18.2 Å². The Balaban J connectivity index is 3.15. The zero-order valence-corrected chi connectivity index (χ0v) is 10.8. The maximum Gasteiger partial charge on any atom is 0.253 e. The molecule has 0 fully saturated rings. The van der Waals surface area contributed by atoms with Crippen molar-refractivity contribution in [3.05, 3.63) is 29.8 Å². The summed E-state index contributed by atoms with van der Waals surface area (Å²) in [4.78, 5) is 11.8. The lowest BCUT2D eigenvalue weighted by Gasteiger charge is -2.08. The second-order valence-corrected chi connectivity index (χ2v) is 5.73. The van der Waals surface area contributed by atoms with Crippen LogP contribution in [0, 0.1) is 11.3 Å². The fourth-order valence-corrected chi connectivity index (χ4v) is 3.06. The number of benzene rings is 1. The van der Waals surface area contributed by atoms with Gasteiger partial charge in [0.25, 0.3) is 5.91 Å². The first-order valence-electron chi connectivity index (χ1n) is 5.50. The van der Waals surface area contributed by atoms with Crippen molar-refractivity contribution in [3.8, 4) is 6.07 Å². The lowest BCUT2D eigenvalue weighted by Crippen LogP contribution is -2.25. The predicted octanol–water partition coefficient (Wildman–Crippen LogP) is 1.12. The molecule has 0 spiro atoms. The summed E-state index contributed by atoms with van der Waals surface area (Å²) < 4.78 is 24.0. The van der Waals surface area contributed by atoms with E-state index in [2.05, 4.69) is 5.32 Å². The van der Waals surface area contributed by atoms with Crippen molar-refractivity contribution in [1.29, 1.82) is 5.26 Å². The molecular formula is C12H14N2O3S. The van der Waals surface area contributed by atoms with E-state index in [1.165, 1.54) is 12.1 Å². The maximum atomic E-state index is 12.0. The average molecular weight is 266 g/mol. The number of nitrogens with one attached hydrogen (secondary N) is 1. The van der Waals surface area contributed by atoms with Crippen LogP contribution in [0.4, 0.5) is 0 Å². The number of carbonyl (C=O) groups excluding carboxylic acids is 1. The highest BCUT2D eigenvalue weighted by Gasteiger charge is 2.20. The van der Waals surface area contributed by atoms with Gasteiger partial charge in [0, 0.05) is 0 Å². The third-order valence-corrected chi connectivity index (χ3v) is 4.24. The van der Waals surface area contributed by atoms with Crippen molar-refractivity contribution in [2.75, 3.05) is 12.3 Å². The highest BCUT2D eigenvalue weighted by atomic mass is 32.2. The normalized spacial score (nSPS) is 10.7. The molecule has 0 aliphatic carbocycles. The summed E-state index contributed by atoms with van der Waals surface area (Å²) in [5, 5.41) is 10.7. The SMILES string of the molecule is CCCS(=O)(=O)c1ccccc1C(=O)NCC#N. The molecule has 0 saturated carbocycles. The van der Waals surface area contributed by atoms with Crippen LogP contribution in [-0.2, 0) is 9.84 Å². The Morgan fingerprint density at radius 3 is 2.67 bits per heavy atom. The third-order valence-electron chi connectivity index (χ3n) is 2.27. The van der Waals surface area contributed by atoms with Crippen LogP contribution in [0.3, 0.4) is 0 Å². The predicted molar refractivity (Wildman–Crippen MR) is 66.7 cm³/mol. The van der Waals surface area contributed by atoms with Crippen molar-refractivity contribution in [3.63, 3.8) is 0 Å². The van der Waals surface area contributed by atoms with Crippen molar-refractivity contribution in [1.82, 2.24) is 5.32 Å². The van der Waals surface area contributed by atoms with Crippen LogP contribution in [0.2, 0.25) is 0 Å². The molecule has 96 valence electrons. The van der Waals surface area contributed by atoms with Gasteiger partial charge in [0.2, 0.25) is 0 Å². The Kier molecular flexibility index (Phi) is 4.86. The number of rotatable bonds is 5. The van der Waals surface area contributed by atoms with Crippen LogP contribution >= 0.6 is 0 Å². The second-order valence-electron chi connectivity index (χ2n) is 3.66. The topological polar surface area (TPSA) is 87.0 Å². The molecule has 0 radical (unpaired) electrons. The monoisotopic (exact) mass is 266 g/mol. The van der Waals surface area contributed by atoms with Crippen LogP contribution in [-0.4, -0.2) is 26.6 Å². The van der Waals surface area contributed by atoms with E-state index in [4.69, 9.17) is 5.26 Å². The summed E-state index contributed by atoms with van der Waals surface area (Å²) in [6.45, 7) is 1.61. The summed E-state index contributed by atoms with van der Waals surface area (Å²) in [5.41, 5.74) is 0.0844. The third kappa shape index (κ3) is 3.31. The molecule has 18 heavy (non-hydrogen) atoms. The van der Waals surface area contributed by atoms with Crippen LogP contribution in [0.15, 0.2) is 29.2 Å². The zero-order valence-electron chi connectivity index (χ0n) is 10.0.